The predicted octanol–water partition coefficient (Wildman–Crippen LogP) is 2.13. The Morgan fingerprint density at radius 3 is 2.31 bits per heavy atom. The maximum atomic E-state index is 12.7. The van der Waals surface area contributed by atoms with E-state index in [1.54, 1.807) is 18.2 Å². The molecule has 0 bridgehead atoms. The van der Waals surface area contributed by atoms with E-state index in [1.807, 2.05) is 6.07 Å². The summed E-state index contributed by atoms with van der Waals surface area (Å²) in [5, 5.41) is 0. The Morgan fingerprint density at radius 1 is 0.897 bits per heavy atom. The second-order valence-electron chi connectivity index (χ2n) is 7.78. The number of Topliss-reactive ketones (excluding diaryl/α,β-unsaturated/α-hetero) is 1. The fourth-order valence-electron chi connectivity index (χ4n) is 4.12. The van der Waals surface area contributed by atoms with Gasteiger partial charge in [0.2, 0.25) is 10.0 Å². The van der Waals surface area contributed by atoms with Crippen molar-refractivity contribution in [3.8, 4) is 0 Å². The molecule has 0 spiro atoms. The van der Waals surface area contributed by atoms with Crippen LogP contribution in [0.5, 0.6) is 0 Å². The maximum absolute atomic E-state index is 12.7. The van der Waals surface area contributed by atoms with Gasteiger partial charge in [-0.2, -0.15) is 0 Å². The lowest BCUT2D eigenvalue weighted by Crippen LogP contribution is -2.47. The van der Waals surface area contributed by atoms with Gasteiger partial charge in [-0.3, -0.25) is 9.69 Å². The highest BCUT2D eigenvalue weighted by Crippen LogP contribution is 2.24. The van der Waals surface area contributed by atoms with Gasteiger partial charge in [0.15, 0.2) is 5.78 Å². The zero-order chi connectivity index (χ0) is 20.3. The third-order valence-electron chi connectivity index (χ3n) is 5.74. The summed E-state index contributed by atoms with van der Waals surface area (Å²) in [7, 11) is -3.61. The van der Waals surface area contributed by atoms with Gasteiger partial charge in [-0.1, -0.05) is 42.5 Å². The zero-order valence-electron chi connectivity index (χ0n) is 16.5. The van der Waals surface area contributed by atoms with Crippen LogP contribution in [0.4, 0.5) is 0 Å². The SMILES string of the molecule is O=C1c2ccccc2S(=O)(=O)NC1CCCN1CCN(Cc2ccccc2)CC1. The van der Waals surface area contributed by atoms with Crippen LogP contribution in [0.25, 0.3) is 0 Å². The minimum Gasteiger partial charge on any atom is -0.301 e. The summed E-state index contributed by atoms with van der Waals surface area (Å²) in [5.74, 6) is -0.122. The summed E-state index contributed by atoms with van der Waals surface area (Å²) < 4.78 is 27.4. The summed E-state index contributed by atoms with van der Waals surface area (Å²) in [6.45, 7) is 5.91. The van der Waals surface area contributed by atoms with Gasteiger partial charge in [-0.15, -0.1) is 0 Å². The minimum absolute atomic E-state index is 0.0933. The van der Waals surface area contributed by atoms with Gasteiger partial charge in [0.05, 0.1) is 10.9 Å². The highest BCUT2D eigenvalue weighted by Gasteiger charge is 2.35. The van der Waals surface area contributed by atoms with Crippen LogP contribution in [0.3, 0.4) is 0 Å². The fourth-order valence-corrected chi connectivity index (χ4v) is 5.56. The number of nitrogens with one attached hydrogen (secondary N) is 1. The van der Waals surface area contributed by atoms with Gasteiger partial charge in [-0.05, 0) is 37.1 Å². The number of sulfonamides is 1. The predicted molar refractivity (Wildman–Crippen MR) is 112 cm³/mol. The van der Waals surface area contributed by atoms with Crippen molar-refractivity contribution in [2.75, 3.05) is 32.7 Å². The number of carbonyl (C=O) groups is 1. The lowest BCUT2D eigenvalue weighted by atomic mass is 10.0. The van der Waals surface area contributed by atoms with Crippen molar-refractivity contribution >= 4 is 15.8 Å². The number of piperazine rings is 1. The quantitative estimate of drug-likeness (QED) is 0.786. The lowest BCUT2D eigenvalue weighted by Gasteiger charge is -2.35. The van der Waals surface area contributed by atoms with Crippen LogP contribution in [0.2, 0.25) is 0 Å². The van der Waals surface area contributed by atoms with Crippen molar-refractivity contribution < 1.29 is 13.2 Å². The van der Waals surface area contributed by atoms with Gasteiger partial charge >= 0.3 is 0 Å². The summed E-state index contributed by atoms with van der Waals surface area (Å²) in [4.78, 5) is 17.6. The van der Waals surface area contributed by atoms with Crippen LogP contribution >= 0.6 is 0 Å². The average Bonchev–Trinajstić information content (AvgIpc) is 2.74. The third kappa shape index (κ3) is 4.75. The molecule has 1 fully saturated rings. The molecule has 2 aromatic rings. The smallest absolute Gasteiger partial charge is 0.241 e. The number of hydrogen-bond donors (Lipinski definition) is 1. The van der Waals surface area contributed by atoms with E-state index >= 15 is 0 Å². The van der Waals surface area contributed by atoms with E-state index in [-0.39, 0.29) is 10.7 Å². The highest BCUT2D eigenvalue weighted by molar-refractivity contribution is 7.89. The molecule has 0 aromatic heterocycles. The first-order chi connectivity index (χ1) is 14.0. The Balaban J connectivity index is 1.25. The van der Waals surface area contributed by atoms with E-state index in [4.69, 9.17) is 0 Å². The first kappa shape index (κ1) is 20.2. The zero-order valence-corrected chi connectivity index (χ0v) is 17.3. The van der Waals surface area contributed by atoms with Crippen molar-refractivity contribution in [1.29, 1.82) is 0 Å². The summed E-state index contributed by atoms with van der Waals surface area (Å²) in [6.07, 6.45) is 1.32. The summed E-state index contributed by atoms with van der Waals surface area (Å²) in [6, 6.07) is 16.3. The number of rotatable bonds is 6. The molecular formula is C22H27N3O3S. The molecule has 1 unspecified atom stereocenters. The van der Waals surface area contributed by atoms with Crippen molar-refractivity contribution in [2.45, 2.75) is 30.3 Å². The molecule has 0 radical (unpaired) electrons. The molecule has 2 aliphatic rings. The molecule has 7 heteroatoms. The molecule has 29 heavy (non-hydrogen) atoms. The number of hydrogen-bond acceptors (Lipinski definition) is 5. The number of fused-ring (bicyclic) bond motifs is 1. The Labute approximate surface area is 172 Å². The number of nitrogens with zero attached hydrogens (tertiary/aromatic N) is 2. The maximum Gasteiger partial charge on any atom is 0.241 e. The largest absolute Gasteiger partial charge is 0.301 e. The lowest BCUT2D eigenvalue weighted by molar-refractivity contribution is 0.0932. The Bertz CT molecular complexity index is 954. The van der Waals surface area contributed by atoms with Gasteiger partial charge < -0.3 is 4.90 Å². The minimum atomic E-state index is -3.61. The molecule has 0 aliphatic carbocycles. The Hall–Kier alpha value is -2.06. The normalized spacial score (nSPS) is 22.3. The van der Waals surface area contributed by atoms with Crippen LogP contribution in [-0.4, -0.2) is 62.8 Å². The monoisotopic (exact) mass is 413 g/mol. The first-order valence-electron chi connectivity index (χ1n) is 10.2. The van der Waals surface area contributed by atoms with Crippen LogP contribution in [-0.2, 0) is 16.6 Å². The van der Waals surface area contributed by atoms with Crippen molar-refractivity contribution in [3.05, 3.63) is 65.7 Å². The molecule has 2 aromatic carbocycles. The molecule has 2 heterocycles. The van der Waals surface area contributed by atoms with Gasteiger partial charge in [0, 0.05) is 38.3 Å². The second-order valence-corrected chi connectivity index (χ2v) is 9.46. The summed E-state index contributed by atoms with van der Waals surface area (Å²) in [5.41, 5.74) is 1.65. The highest BCUT2D eigenvalue weighted by atomic mass is 32.2. The number of carbonyl (C=O) groups excluding carboxylic acids is 1. The van der Waals surface area contributed by atoms with Crippen molar-refractivity contribution in [3.63, 3.8) is 0 Å². The first-order valence-corrected chi connectivity index (χ1v) is 11.7. The Morgan fingerprint density at radius 2 is 1.55 bits per heavy atom. The van der Waals surface area contributed by atoms with Crippen LogP contribution in [0, 0.1) is 0 Å². The van der Waals surface area contributed by atoms with E-state index < -0.39 is 16.1 Å². The van der Waals surface area contributed by atoms with E-state index in [9.17, 15) is 13.2 Å². The average molecular weight is 414 g/mol. The van der Waals surface area contributed by atoms with E-state index in [1.165, 1.54) is 11.6 Å². The molecule has 4 rings (SSSR count). The van der Waals surface area contributed by atoms with Gasteiger partial charge in [0.25, 0.3) is 0 Å². The molecule has 1 N–H and O–H groups in total. The summed E-state index contributed by atoms with van der Waals surface area (Å²) >= 11 is 0. The van der Waals surface area contributed by atoms with Crippen molar-refractivity contribution in [2.24, 2.45) is 0 Å². The number of benzene rings is 2. The second kappa shape index (κ2) is 8.75. The van der Waals surface area contributed by atoms with Gasteiger partial charge in [-0.25, -0.2) is 13.1 Å². The molecule has 1 atom stereocenters. The van der Waals surface area contributed by atoms with Crippen LogP contribution in [0.1, 0.15) is 28.8 Å². The molecular weight excluding hydrogens is 386 g/mol. The molecule has 154 valence electrons. The standard InChI is InChI=1S/C22H27N3O3S/c26-22-19-9-4-5-11-21(19)29(27,28)23-20(22)10-6-12-24-13-15-25(16-14-24)17-18-7-2-1-3-8-18/h1-5,7-9,11,20,23H,6,10,12-17H2. The van der Waals surface area contributed by atoms with E-state index in [2.05, 4.69) is 38.8 Å². The Kier molecular flexibility index (Phi) is 6.10. The number of ketones is 1. The molecule has 0 amide bonds. The van der Waals surface area contributed by atoms with Crippen LogP contribution < -0.4 is 4.72 Å². The topological polar surface area (TPSA) is 69.7 Å². The molecule has 2 aliphatic heterocycles. The molecule has 1 saturated heterocycles. The van der Waals surface area contributed by atoms with Gasteiger partial charge in [0.1, 0.15) is 0 Å². The third-order valence-corrected chi connectivity index (χ3v) is 7.27. The van der Waals surface area contributed by atoms with E-state index in [0.29, 0.717) is 12.0 Å². The van der Waals surface area contributed by atoms with Crippen LogP contribution in [0.15, 0.2) is 59.5 Å². The van der Waals surface area contributed by atoms with Crippen molar-refractivity contribution in [1.82, 2.24) is 14.5 Å². The van der Waals surface area contributed by atoms with E-state index in [0.717, 1.165) is 45.7 Å². The fraction of sp³-hybridized carbons (Fsp3) is 0.409. The molecule has 6 nitrogen and oxygen atoms in total. The molecule has 0 saturated carbocycles.